The molecule has 2 nitrogen and oxygen atoms in total. The summed E-state index contributed by atoms with van der Waals surface area (Å²) in [6.07, 6.45) is 0. The molecule has 0 radical (unpaired) electrons. The maximum absolute atomic E-state index is 6.23. The molecule has 0 bridgehead atoms. The van der Waals surface area contributed by atoms with Crippen LogP contribution in [0.25, 0.3) is 121 Å². The first-order valence-corrected chi connectivity index (χ1v) is 19.2. The zero-order chi connectivity index (χ0) is 36.7. The minimum Gasteiger partial charge on any atom is -0.456 e. The lowest BCUT2D eigenvalue weighted by Crippen LogP contribution is -1.87. The molecule has 2 aromatic heterocycles. The fraction of sp³-hybridized carbons (Fsp3) is 0. The van der Waals surface area contributed by atoms with Crippen LogP contribution in [0.4, 0.5) is 0 Å². The third-order valence-electron chi connectivity index (χ3n) is 11.7. The molecule has 2 heteroatoms. The molecular formula is C54H32O2. The maximum atomic E-state index is 6.23. The average molecular weight is 713 g/mol. The topological polar surface area (TPSA) is 26.3 Å². The summed E-state index contributed by atoms with van der Waals surface area (Å²) in [6.45, 7) is 0. The molecule has 0 aliphatic heterocycles. The van der Waals surface area contributed by atoms with Crippen LogP contribution in [-0.4, -0.2) is 0 Å². The Labute approximate surface area is 322 Å². The van der Waals surface area contributed by atoms with Crippen LogP contribution in [0.2, 0.25) is 0 Å². The van der Waals surface area contributed by atoms with Crippen molar-refractivity contribution in [1.29, 1.82) is 0 Å². The summed E-state index contributed by atoms with van der Waals surface area (Å²) in [7, 11) is 0. The molecule has 0 aliphatic carbocycles. The van der Waals surface area contributed by atoms with E-state index < -0.39 is 0 Å². The molecule has 260 valence electrons. The molecular weight excluding hydrogens is 681 g/mol. The van der Waals surface area contributed by atoms with Crippen LogP contribution in [-0.2, 0) is 0 Å². The van der Waals surface area contributed by atoms with Crippen molar-refractivity contribution in [3.8, 4) is 44.5 Å². The highest BCUT2D eigenvalue weighted by Crippen LogP contribution is 2.42. The van der Waals surface area contributed by atoms with Crippen LogP contribution in [0.1, 0.15) is 0 Å². The lowest BCUT2D eigenvalue weighted by atomic mass is 9.89. The summed E-state index contributed by atoms with van der Waals surface area (Å²) >= 11 is 0. The van der Waals surface area contributed by atoms with Crippen molar-refractivity contribution in [2.45, 2.75) is 0 Å². The zero-order valence-electron chi connectivity index (χ0n) is 30.3. The van der Waals surface area contributed by atoms with E-state index in [0.717, 1.165) is 43.9 Å². The van der Waals surface area contributed by atoms with Gasteiger partial charge in [0.1, 0.15) is 22.3 Å². The standard InChI is InChI=1S/C54H32O2/c1-2-16-42-41(15-1)47-31-35(33-11-7-13-37(29-33)39-19-9-23-51-53(39)45-17-3-5-21-49(45)55-51)25-27-43(47)44-28-26-36(32-48(42)44)34-12-8-14-38(30-34)40-20-10-24-52-54(40)46-18-4-6-22-50(46)56-52/h1-32H. The monoisotopic (exact) mass is 712 g/mol. The number of para-hydroxylation sites is 2. The molecule has 0 unspecified atom stereocenters. The van der Waals surface area contributed by atoms with Gasteiger partial charge in [0.25, 0.3) is 0 Å². The molecule has 0 saturated heterocycles. The molecule has 0 aliphatic rings. The number of fused-ring (bicyclic) bond motifs is 12. The highest BCUT2D eigenvalue weighted by atomic mass is 16.3. The molecule has 10 aromatic carbocycles. The average Bonchev–Trinajstić information content (AvgIpc) is 3.85. The molecule has 12 rings (SSSR count). The van der Waals surface area contributed by atoms with E-state index in [1.165, 1.54) is 76.8 Å². The van der Waals surface area contributed by atoms with Crippen molar-refractivity contribution < 1.29 is 8.83 Å². The van der Waals surface area contributed by atoms with Crippen LogP contribution < -0.4 is 0 Å². The van der Waals surface area contributed by atoms with Gasteiger partial charge in [-0.15, -0.1) is 0 Å². The van der Waals surface area contributed by atoms with E-state index in [4.69, 9.17) is 8.83 Å². The lowest BCUT2D eigenvalue weighted by molar-refractivity contribution is 0.668. The third-order valence-corrected chi connectivity index (χ3v) is 11.7. The molecule has 2 heterocycles. The van der Waals surface area contributed by atoms with Crippen molar-refractivity contribution in [3.05, 3.63) is 194 Å². The first-order valence-electron chi connectivity index (χ1n) is 19.2. The summed E-state index contributed by atoms with van der Waals surface area (Å²) in [5.41, 5.74) is 13.1. The second kappa shape index (κ2) is 12.0. The number of rotatable bonds is 4. The van der Waals surface area contributed by atoms with Gasteiger partial charge in [-0.3, -0.25) is 0 Å². The molecule has 0 fully saturated rings. The first-order chi connectivity index (χ1) is 27.7. The first kappa shape index (κ1) is 31.0. The minimum atomic E-state index is 0.912. The number of hydrogen-bond acceptors (Lipinski definition) is 2. The predicted molar refractivity (Wildman–Crippen MR) is 235 cm³/mol. The Balaban J connectivity index is 0.978. The highest BCUT2D eigenvalue weighted by molar-refractivity contribution is 6.26. The second-order valence-corrected chi connectivity index (χ2v) is 14.8. The Morgan fingerprint density at radius 3 is 1.05 bits per heavy atom. The fourth-order valence-corrected chi connectivity index (χ4v) is 9.08. The van der Waals surface area contributed by atoms with E-state index >= 15 is 0 Å². The van der Waals surface area contributed by atoms with Gasteiger partial charge in [0, 0.05) is 21.5 Å². The van der Waals surface area contributed by atoms with E-state index in [-0.39, 0.29) is 0 Å². The molecule has 0 saturated carbocycles. The van der Waals surface area contributed by atoms with Gasteiger partial charge in [0.15, 0.2) is 0 Å². The Morgan fingerprint density at radius 1 is 0.214 bits per heavy atom. The number of benzene rings is 10. The highest BCUT2D eigenvalue weighted by Gasteiger charge is 2.16. The molecule has 0 N–H and O–H groups in total. The minimum absolute atomic E-state index is 0.912. The van der Waals surface area contributed by atoms with Gasteiger partial charge >= 0.3 is 0 Å². The van der Waals surface area contributed by atoms with Gasteiger partial charge in [0.2, 0.25) is 0 Å². The van der Waals surface area contributed by atoms with E-state index in [1.54, 1.807) is 0 Å². The summed E-state index contributed by atoms with van der Waals surface area (Å²) in [5, 5.41) is 12.1. The molecule has 0 amide bonds. The van der Waals surface area contributed by atoms with Crippen molar-refractivity contribution in [2.24, 2.45) is 0 Å². The van der Waals surface area contributed by atoms with Gasteiger partial charge < -0.3 is 8.83 Å². The van der Waals surface area contributed by atoms with Gasteiger partial charge in [0.05, 0.1) is 0 Å². The summed E-state index contributed by atoms with van der Waals surface area (Å²) in [5.74, 6) is 0. The lowest BCUT2D eigenvalue weighted by Gasteiger charge is -2.14. The molecule has 0 spiro atoms. The normalized spacial score (nSPS) is 11.9. The number of hydrogen-bond donors (Lipinski definition) is 0. The zero-order valence-corrected chi connectivity index (χ0v) is 30.3. The largest absolute Gasteiger partial charge is 0.456 e. The van der Waals surface area contributed by atoms with Crippen LogP contribution in [0.15, 0.2) is 203 Å². The molecule has 0 atom stereocenters. The van der Waals surface area contributed by atoms with Crippen LogP contribution in [0, 0.1) is 0 Å². The number of furan rings is 2. The smallest absolute Gasteiger partial charge is 0.136 e. The van der Waals surface area contributed by atoms with Crippen molar-refractivity contribution in [2.75, 3.05) is 0 Å². The Kier molecular flexibility index (Phi) is 6.66. The Hall–Kier alpha value is -7.42. The van der Waals surface area contributed by atoms with Crippen LogP contribution >= 0.6 is 0 Å². The van der Waals surface area contributed by atoms with Crippen molar-refractivity contribution in [1.82, 2.24) is 0 Å². The van der Waals surface area contributed by atoms with Crippen LogP contribution in [0.5, 0.6) is 0 Å². The van der Waals surface area contributed by atoms with Crippen molar-refractivity contribution >= 4 is 76.2 Å². The predicted octanol–water partition coefficient (Wildman–Crippen LogP) is 15.6. The summed E-state index contributed by atoms with van der Waals surface area (Å²) in [4.78, 5) is 0. The van der Waals surface area contributed by atoms with E-state index in [0.29, 0.717) is 0 Å². The third kappa shape index (κ3) is 4.69. The van der Waals surface area contributed by atoms with E-state index in [2.05, 4.69) is 170 Å². The van der Waals surface area contributed by atoms with Crippen LogP contribution in [0.3, 0.4) is 0 Å². The fourth-order valence-electron chi connectivity index (χ4n) is 9.08. The van der Waals surface area contributed by atoms with Gasteiger partial charge in [-0.05, 0) is 125 Å². The Bertz CT molecular complexity index is 3290. The Morgan fingerprint density at radius 2 is 0.571 bits per heavy atom. The molecule has 56 heavy (non-hydrogen) atoms. The van der Waals surface area contributed by atoms with E-state index in [9.17, 15) is 0 Å². The van der Waals surface area contributed by atoms with Gasteiger partial charge in [-0.2, -0.15) is 0 Å². The van der Waals surface area contributed by atoms with E-state index in [1.807, 2.05) is 24.3 Å². The SMILES string of the molecule is c1cc(-c2ccc3c4ccc(-c5cccc(-c6cccc7oc8ccccc8c67)c5)cc4c4ccccc4c3c2)cc(-c2cccc3oc4ccccc4c23)c1. The maximum Gasteiger partial charge on any atom is 0.136 e. The van der Waals surface area contributed by atoms with Gasteiger partial charge in [-0.1, -0.05) is 146 Å². The summed E-state index contributed by atoms with van der Waals surface area (Å²) < 4.78 is 12.5. The van der Waals surface area contributed by atoms with Crippen molar-refractivity contribution in [3.63, 3.8) is 0 Å². The second-order valence-electron chi connectivity index (χ2n) is 14.8. The molecule has 12 aromatic rings. The van der Waals surface area contributed by atoms with Gasteiger partial charge in [-0.25, -0.2) is 0 Å². The quantitative estimate of drug-likeness (QED) is 0.170. The summed E-state index contributed by atoms with van der Waals surface area (Å²) in [6, 6.07) is 69.9.